The number of hydrogen-bond acceptors (Lipinski definition) is 5. The van der Waals surface area contributed by atoms with Gasteiger partial charge in [0.2, 0.25) is 0 Å². The standard InChI is InChI=1S/C12H14N2O3S/c1-17-11-4-2-10(3-5-11)14-12(8-13)6-7-18(15,16)9-12/h2-5,14H,6-7,9H2,1H3. The zero-order valence-corrected chi connectivity index (χ0v) is 10.8. The predicted octanol–water partition coefficient (Wildman–Crippen LogP) is 1.19. The topological polar surface area (TPSA) is 79.2 Å². The van der Waals surface area contributed by atoms with Gasteiger partial charge in [0.05, 0.1) is 24.7 Å². The van der Waals surface area contributed by atoms with Crippen LogP contribution in [0, 0.1) is 11.3 Å². The third-order valence-electron chi connectivity index (χ3n) is 2.99. The molecule has 1 fully saturated rings. The second-order valence-electron chi connectivity index (χ2n) is 4.39. The molecule has 1 saturated heterocycles. The molecule has 0 radical (unpaired) electrons. The number of sulfone groups is 1. The van der Waals surface area contributed by atoms with E-state index in [2.05, 4.69) is 11.4 Å². The molecule has 2 rings (SSSR count). The van der Waals surface area contributed by atoms with E-state index in [9.17, 15) is 13.7 Å². The number of methoxy groups -OCH3 is 1. The lowest BCUT2D eigenvalue weighted by Gasteiger charge is -2.22. The summed E-state index contributed by atoms with van der Waals surface area (Å²) >= 11 is 0. The molecule has 0 spiro atoms. The first-order valence-electron chi connectivity index (χ1n) is 5.53. The molecule has 1 N–H and O–H groups in total. The second kappa shape index (κ2) is 4.50. The van der Waals surface area contributed by atoms with Gasteiger partial charge < -0.3 is 10.1 Å². The third-order valence-corrected chi connectivity index (χ3v) is 4.75. The van der Waals surface area contributed by atoms with Crippen molar-refractivity contribution in [3.8, 4) is 11.8 Å². The van der Waals surface area contributed by atoms with E-state index < -0.39 is 15.4 Å². The lowest BCUT2D eigenvalue weighted by molar-refractivity contribution is 0.415. The van der Waals surface area contributed by atoms with Gasteiger partial charge in [-0.05, 0) is 30.7 Å². The van der Waals surface area contributed by atoms with E-state index in [0.717, 1.165) is 5.69 Å². The van der Waals surface area contributed by atoms with Gasteiger partial charge in [-0.2, -0.15) is 5.26 Å². The molecule has 6 heteroatoms. The summed E-state index contributed by atoms with van der Waals surface area (Å²) in [6, 6.07) is 9.14. The van der Waals surface area contributed by atoms with Gasteiger partial charge in [-0.15, -0.1) is 0 Å². The number of hydrogen-bond donors (Lipinski definition) is 1. The monoisotopic (exact) mass is 266 g/mol. The molecule has 18 heavy (non-hydrogen) atoms. The molecule has 96 valence electrons. The Morgan fingerprint density at radius 1 is 1.39 bits per heavy atom. The molecular weight excluding hydrogens is 252 g/mol. The molecule has 0 amide bonds. The van der Waals surface area contributed by atoms with Crippen molar-refractivity contribution in [1.82, 2.24) is 0 Å². The molecule has 1 unspecified atom stereocenters. The van der Waals surface area contributed by atoms with Crippen LogP contribution in [0.5, 0.6) is 5.75 Å². The molecule has 1 atom stereocenters. The van der Waals surface area contributed by atoms with E-state index in [4.69, 9.17) is 4.74 Å². The Labute approximate surface area is 106 Å². The van der Waals surface area contributed by atoms with Crippen molar-refractivity contribution in [2.24, 2.45) is 0 Å². The minimum absolute atomic E-state index is 0.0592. The van der Waals surface area contributed by atoms with E-state index in [1.54, 1.807) is 31.4 Å². The SMILES string of the molecule is COc1ccc(NC2(C#N)CCS(=O)(=O)C2)cc1. The molecule has 1 heterocycles. The van der Waals surface area contributed by atoms with Crippen LogP contribution in [0.15, 0.2) is 24.3 Å². The van der Waals surface area contributed by atoms with Crippen LogP contribution in [-0.2, 0) is 9.84 Å². The highest BCUT2D eigenvalue weighted by Crippen LogP contribution is 2.28. The van der Waals surface area contributed by atoms with Crippen LogP contribution in [0.2, 0.25) is 0 Å². The first kappa shape index (κ1) is 12.7. The fraction of sp³-hybridized carbons (Fsp3) is 0.417. The molecule has 0 bridgehead atoms. The van der Waals surface area contributed by atoms with Crippen LogP contribution in [0.1, 0.15) is 6.42 Å². The number of benzene rings is 1. The summed E-state index contributed by atoms with van der Waals surface area (Å²) in [6.45, 7) is 0. The number of rotatable bonds is 3. The Hall–Kier alpha value is -1.74. The van der Waals surface area contributed by atoms with Crippen LogP contribution in [0.4, 0.5) is 5.69 Å². The lowest BCUT2D eigenvalue weighted by atomic mass is 10.0. The van der Waals surface area contributed by atoms with Crippen LogP contribution >= 0.6 is 0 Å². The van der Waals surface area contributed by atoms with Crippen molar-refractivity contribution in [1.29, 1.82) is 5.26 Å². The molecule has 1 aromatic rings. The second-order valence-corrected chi connectivity index (χ2v) is 6.57. The van der Waals surface area contributed by atoms with E-state index in [1.165, 1.54) is 0 Å². The van der Waals surface area contributed by atoms with Crippen LogP contribution in [0.25, 0.3) is 0 Å². The average Bonchev–Trinajstić information content (AvgIpc) is 2.67. The van der Waals surface area contributed by atoms with Crippen LogP contribution < -0.4 is 10.1 Å². The molecule has 5 nitrogen and oxygen atoms in total. The Bertz CT molecular complexity index is 574. The fourth-order valence-corrected chi connectivity index (χ4v) is 3.85. The van der Waals surface area contributed by atoms with Gasteiger partial charge in [-0.1, -0.05) is 0 Å². The Morgan fingerprint density at radius 3 is 2.50 bits per heavy atom. The van der Waals surface area contributed by atoms with Gasteiger partial charge in [0.25, 0.3) is 0 Å². The summed E-state index contributed by atoms with van der Waals surface area (Å²) in [7, 11) is -1.54. The highest BCUT2D eigenvalue weighted by atomic mass is 32.2. The summed E-state index contributed by atoms with van der Waals surface area (Å²) < 4.78 is 28.0. The van der Waals surface area contributed by atoms with Crippen LogP contribution in [0.3, 0.4) is 0 Å². The first-order valence-corrected chi connectivity index (χ1v) is 7.35. The average molecular weight is 266 g/mol. The van der Waals surface area contributed by atoms with Crippen LogP contribution in [-0.4, -0.2) is 32.6 Å². The highest BCUT2D eigenvalue weighted by molar-refractivity contribution is 7.91. The summed E-state index contributed by atoms with van der Waals surface area (Å²) in [4.78, 5) is 0. The van der Waals surface area contributed by atoms with Crippen molar-refractivity contribution in [2.45, 2.75) is 12.0 Å². The number of nitrogens with zero attached hydrogens (tertiary/aromatic N) is 1. The zero-order chi connectivity index (χ0) is 13.2. The number of nitrogens with one attached hydrogen (secondary N) is 1. The van der Waals surface area contributed by atoms with Crippen molar-refractivity contribution in [3.63, 3.8) is 0 Å². The summed E-state index contributed by atoms with van der Waals surface area (Å²) in [6.07, 6.45) is 0.317. The van der Waals surface area contributed by atoms with Crippen molar-refractivity contribution < 1.29 is 13.2 Å². The van der Waals surface area contributed by atoms with E-state index in [-0.39, 0.29) is 11.5 Å². The predicted molar refractivity (Wildman–Crippen MR) is 68.2 cm³/mol. The molecule has 1 aliphatic heterocycles. The van der Waals surface area contributed by atoms with Crippen molar-refractivity contribution in [3.05, 3.63) is 24.3 Å². The minimum atomic E-state index is -3.11. The molecule has 1 aromatic carbocycles. The molecular formula is C12H14N2O3S. The largest absolute Gasteiger partial charge is 0.497 e. The maximum absolute atomic E-state index is 11.5. The quantitative estimate of drug-likeness (QED) is 0.889. The molecule has 1 aliphatic rings. The van der Waals surface area contributed by atoms with E-state index in [0.29, 0.717) is 12.2 Å². The minimum Gasteiger partial charge on any atom is -0.497 e. The number of nitriles is 1. The normalized spacial score (nSPS) is 25.3. The smallest absolute Gasteiger partial charge is 0.153 e. The van der Waals surface area contributed by atoms with Gasteiger partial charge >= 0.3 is 0 Å². The highest BCUT2D eigenvalue weighted by Gasteiger charge is 2.42. The van der Waals surface area contributed by atoms with Crippen molar-refractivity contribution in [2.75, 3.05) is 23.9 Å². The maximum Gasteiger partial charge on any atom is 0.153 e. The van der Waals surface area contributed by atoms with Gasteiger partial charge in [0.1, 0.15) is 11.3 Å². The number of anilines is 1. The van der Waals surface area contributed by atoms with Crippen molar-refractivity contribution >= 4 is 15.5 Å². The van der Waals surface area contributed by atoms with E-state index in [1.807, 2.05) is 0 Å². The third kappa shape index (κ3) is 2.57. The first-order chi connectivity index (χ1) is 8.49. The molecule has 0 saturated carbocycles. The lowest BCUT2D eigenvalue weighted by Crippen LogP contribution is -2.37. The Morgan fingerprint density at radius 2 is 2.06 bits per heavy atom. The maximum atomic E-state index is 11.5. The fourth-order valence-electron chi connectivity index (χ4n) is 2.01. The Balaban J connectivity index is 2.19. The van der Waals surface area contributed by atoms with Gasteiger partial charge in [-0.3, -0.25) is 0 Å². The van der Waals surface area contributed by atoms with E-state index >= 15 is 0 Å². The summed E-state index contributed by atoms with van der Waals surface area (Å²) in [5.41, 5.74) is -0.289. The zero-order valence-electron chi connectivity index (χ0n) is 10.0. The van der Waals surface area contributed by atoms with Gasteiger partial charge in [0.15, 0.2) is 9.84 Å². The van der Waals surface area contributed by atoms with Gasteiger partial charge in [0, 0.05) is 5.69 Å². The van der Waals surface area contributed by atoms with Gasteiger partial charge in [-0.25, -0.2) is 8.42 Å². The Kier molecular flexibility index (Phi) is 3.18. The summed E-state index contributed by atoms with van der Waals surface area (Å²) in [5, 5.41) is 12.2. The summed E-state index contributed by atoms with van der Waals surface area (Å²) in [5.74, 6) is 0.636. The number of ether oxygens (including phenoxy) is 1. The molecule has 0 aliphatic carbocycles. The molecule has 0 aromatic heterocycles.